The predicted octanol–water partition coefficient (Wildman–Crippen LogP) is 3.14. The van der Waals surface area contributed by atoms with Crippen molar-refractivity contribution in [2.75, 3.05) is 13.2 Å². The van der Waals surface area contributed by atoms with E-state index in [9.17, 15) is 4.79 Å². The molecule has 128 valence electrons. The summed E-state index contributed by atoms with van der Waals surface area (Å²) in [6.45, 7) is 5.33. The number of carbonyl (C=O) groups is 1. The highest BCUT2D eigenvalue weighted by Crippen LogP contribution is 2.41. The van der Waals surface area contributed by atoms with E-state index in [0.717, 1.165) is 25.7 Å². The van der Waals surface area contributed by atoms with Crippen LogP contribution in [-0.4, -0.2) is 30.2 Å². The molecule has 2 aliphatic heterocycles. The summed E-state index contributed by atoms with van der Waals surface area (Å²) in [4.78, 5) is 12.1. The molecule has 0 aromatic carbocycles. The molecule has 0 aromatic rings. The quantitative estimate of drug-likeness (QED) is 0.838. The van der Waals surface area contributed by atoms with Crippen LogP contribution in [-0.2, 0) is 9.53 Å². The van der Waals surface area contributed by atoms with Crippen LogP contribution in [0, 0.1) is 5.92 Å². The number of carbonyl (C=O) groups excluding carboxylic acids is 1. The Morgan fingerprint density at radius 2 is 1.77 bits per heavy atom. The number of fused-ring (bicyclic) bond motifs is 3. The number of nitrogens with two attached hydrogens (primary N) is 1. The van der Waals surface area contributed by atoms with Crippen molar-refractivity contribution in [1.29, 1.82) is 0 Å². The molecule has 4 aliphatic rings. The van der Waals surface area contributed by atoms with E-state index in [4.69, 9.17) is 10.5 Å². The minimum absolute atomic E-state index is 0.0894. The molecule has 2 heterocycles. The van der Waals surface area contributed by atoms with Gasteiger partial charge in [0.2, 0.25) is 5.91 Å². The van der Waals surface area contributed by atoms with E-state index in [0.29, 0.717) is 25.5 Å². The van der Waals surface area contributed by atoms with Gasteiger partial charge in [-0.05, 0) is 44.4 Å². The molecule has 4 heteroatoms. The molecule has 4 rings (SSSR count). The predicted molar refractivity (Wildman–Crippen MR) is 89.6 cm³/mol. The van der Waals surface area contributed by atoms with Gasteiger partial charge in [-0.2, -0.15) is 0 Å². The van der Waals surface area contributed by atoms with Crippen LogP contribution >= 0.6 is 0 Å². The Balaban J connectivity index is 0.000000847. The second-order valence-corrected chi connectivity index (χ2v) is 7.32. The Morgan fingerprint density at radius 3 is 2.32 bits per heavy atom. The molecule has 2 aliphatic carbocycles. The van der Waals surface area contributed by atoms with Crippen molar-refractivity contribution in [3.8, 4) is 0 Å². The summed E-state index contributed by atoms with van der Waals surface area (Å²) in [5, 5.41) is 3.12. The summed E-state index contributed by atoms with van der Waals surface area (Å²) in [6.07, 6.45) is 11.1. The fourth-order valence-corrected chi connectivity index (χ4v) is 4.00. The van der Waals surface area contributed by atoms with Gasteiger partial charge in [0.05, 0.1) is 12.2 Å². The van der Waals surface area contributed by atoms with E-state index in [1.165, 1.54) is 32.1 Å². The molecule has 2 bridgehead atoms. The molecule has 0 atom stereocenters. The lowest BCUT2D eigenvalue weighted by atomic mass is 9.71. The van der Waals surface area contributed by atoms with E-state index in [1.807, 2.05) is 13.8 Å². The van der Waals surface area contributed by atoms with E-state index < -0.39 is 0 Å². The summed E-state index contributed by atoms with van der Waals surface area (Å²) < 4.78 is 5.97. The zero-order valence-corrected chi connectivity index (χ0v) is 14.5. The minimum atomic E-state index is -0.122. The molecular weight excluding hydrogens is 276 g/mol. The van der Waals surface area contributed by atoms with Gasteiger partial charge in [0.25, 0.3) is 0 Å². The lowest BCUT2D eigenvalue weighted by molar-refractivity contribution is -0.153. The third-order valence-electron chi connectivity index (χ3n) is 5.63. The van der Waals surface area contributed by atoms with E-state index in [1.54, 1.807) is 0 Å². The van der Waals surface area contributed by atoms with Crippen LogP contribution in [0.2, 0.25) is 0 Å². The van der Waals surface area contributed by atoms with Crippen LogP contribution in [0.5, 0.6) is 0 Å². The van der Waals surface area contributed by atoms with Crippen LogP contribution < -0.4 is 11.1 Å². The SMILES string of the molecule is CC.NC12CCC(CNC(=O)CC3CCCCC3)(CC1)OC2. The second kappa shape index (κ2) is 7.78. The molecule has 0 unspecified atom stereocenters. The first-order valence-corrected chi connectivity index (χ1v) is 9.29. The van der Waals surface area contributed by atoms with Gasteiger partial charge < -0.3 is 15.8 Å². The third kappa shape index (κ3) is 4.45. The Kier molecular flexibility index (Phi) is 6.27. The maximum atomic E-state index is 12.1. The van der Waals surface area contributed by atoms with Gasteiger partial charge in [-0.15, -0.1) is 0 Å². The van der Waals surface area contributed by atoms with Crippen molar-refractivity contribution >= 4 is 5.91 Å². The first-order chi connectivity index (χ1) is 10.6. The lowest BCUT2D eigenvalue weighted by Crippen LogP contribution is -2.62. The first-order valence-electron chi connectivity index (χ1n) is 9.29. The zero-order chi connectivity index (χ0) is 16.1. The number of amides is 1. The monoisotopic (exact) mass is 310 g/mol. The van der Waals surface area contributed by atoms with Crippen LogP contribution in [0.15, 0.2) is 0 Å². The summed E-state index contributed by atoms with van der Waals surface area (Å²) >= 11 is 0. The standard InChI is InChI=1S/C16H28N2O2.C2H6/c17-15-6-8-16(9-7-15,20-12-15)11-18-14(19)10-13-4-2-1-3-5-13;1-2/h13H,1-12,17H2,(H,18,19);1-2H3. The highest BCUT2D eigenvalue weighted by molar-refractivity contribution is 5.76. The van der Waals surface area contributed by atoms with Gasteiger partial charge in [-0.3, -0.25) is 4.79 Å². The number of ether oxygens (including phenoxy) is 1. The first kappa shape index (κ1) is 17.7. The summed E-state index contributed by atoms with van der Waals surface area (Å²) in [5.74, 6) is 0.821. The Morgan fingerprint density at radius 1 is 1.14 bits per heavy atom. The van der Waals surface area contributed by atoms with Crippen molar-refractivity contribution < 1.29 is 9.53 Å². The van der Waals surface area contributed by atoms with Crippen LogP contribution in [0.25, 0.3) is 0 Å². The summed E-state index contributed by atoms with van der Waals surface area (Å²) in [6, 6.07) is 0. The molecular formula is C18H34N2O2. The van der Waals surface area contributed by atoms with Crippen molar-refractivity contribution in [3.05, 3.63) is 0 Å². The van der Waals surface area contributed by atoms with Crippen LogP contribution in [0.3, 0.4) is 0 Å². The van der Waals surface area contributed by atoms with Gasteiger partial charge in [0, 0.05) is 18.5 Å². The summed E-state index contributed by atoms with van der Waals surface area (Å²) in [7, 11) is 0. The molecule has 0 aromatic heterocycles. The van der Waals surface area contributed by atoms with Crippen molar-refractivity contribution in [2.24, 2.45) is 11.7 Å². The van der Waals surface area contributed by atoms with Crippen molar-refractivity contribution in [2.45, 2.75) is 89.2 Å². The zero-order valence-electron chi connectivity index (χ0n) is 14.5. The van der Waals surface area contributed by atoms with Gasteiger partial charge in [-0.25, -0.2) is 0 Å². The lowest BCUT2D eigenvalue weighted by Gasteiger charge is -2.51. The largest absolute Gasteiger partial charge is 0.371 e. The van der Waals surface area contributed by atoms with E-state index >= 15 is 0 Å². The van der Waals surface area contributed by atoms with Gasteiger partial charge >= 0.3 is 0 Å². The molecule has 2 saturated heterocycles. The molecule has 2 saturated carbocycles. The molecule has 1 amide bonds. The van der Waals surface area contributed by atoms with E-state index in [-0.39, 0.29) is 17.0 Å². The highest BCUT2D eigenvalue weighted by atomic mass is 16.5. The van der Waals surface area contributed by atoms with E-state index in [2.05, 4.69) is 5.32 Å². The minimum Gasteiger partial charge on any atom is -0.371 e. The fourth-order valence-electron chi connectivity index (χ4n) is 4.00. The molecule has 4 nitrogen and oxygen atoms in total. The average Bonchev–Trinajstić information content (AvgIpc) is 2.57. The molecule has 22 heavy (non-hydrogen) atoms. The van der Waals surface area contributed by atoms with Gasteiger partial charge in [0.15, 0.2) is 0 Å². The third-order valence-corrected chi connectivity index (χ3v) is 5.63. The molecule has 4 fully saturated rings. The summed E-state index contributed by atoms with van der Waals surface area (Å²) in [5.41, 5.74) is 6.01. The second-order valence-electron chi connectivity index (χ2n) is 7.32. The van der Waals surface area contributed by atoms with Crippen LogP contribution in [0.1, 0.15) is 78.1 Å². The fraction of sp³-hybridized carbons (Fsp3) is 0.944. The Hall–Kier alpha value is -0.610. The maximum absolute atomic E-state index is 12.1. The van der Waals surface area contributed by atoms with Crippen LogP contribution in [0.4, 0.5) is 0 Å². The van der Waals surface area contributed by atoms with Gasteiger partial charge in [-0.1, -0.05) is 33.1 Å². The van der Waals surface area contributed by atoms with Crippen molar-refractivity contribution in [3.63, 3.8) is 0 Å². The Labute approximate surface area is 135 Å². The molecule has 0 spiro atoms. The molecule has 3 N–H and O–H groups in total. The number of hydrogen-bond donors (Lipinski definition) is 2. The van der Waals surface area contributed by atoms with Gasteiger partial charge in [0.1, 0.15) is 0 Å². The van der Waals surface area contributed by atoms with Crippen molar-refractivity contribution in [1.82, 2.24) is 5.32 Å². The number of hydrogen-bond acceptors (Lipinski definition) is 3. The average molecular weight is 310 g/mol. The number of rotatable bonds is 4. The highest BCUT2D eigenvalue weighted by Gasteiger charge is 2.47. The Bertz CT molecular complexity index is 340. The number of nitrogens with one attached hydrogen (secondary N) is 1. The smallest absolute Gasteiger partial charge is 0.220 e. The normalized spacial score (nSPS) is 34.7. The topological polar surface area (TPSA) is 64.3 Å². The maximum Gasteiger partial charge on any atom is 0.220 e. The molecule has 0 radical (unpaired) electrons.